The quantitative estimate of drug-likeness (QED) is 0.133. The van der Waals surface area contributed by atoms with Crippen LogP contribution in [0.15, 0.2) is 0 Å². The number of aliphatic carboxylic acids is 3. The number of hydrogen-bond donors (Lipinski definition) is 7. The largest absolute Gasteiger partial charge is 0.481 e. The van der Waals surface area contributed by atoms with Crippen LogP contribution in [0.5, 0.6) is 0 Å². The zero-order valence-electron chi connectivity index (χ0n) is 18.7. The van der Waals surface area contributed by atoms with Crippen molar-refractivity contribution >= 4 is 47.4 Å². The molecule has 0 aliphatic rings. The van der Waals surface area contributed by atoms with Crippen molar-refractivity contribution in [2.45, 2.75) is 63.7 Å². The average molecular weight is 493 g/mol. The summed E-state index contributed by atoms with van der Waals surface area (Å²) < 4.78 is 0. The third kappa shape index (κ3) is 12.1. The maximum atomic E-state index is 12.8. The number of nitrogens with one attached hydrogen (secondary N) is 3. The Hall–Kier alpha value is -2.87. The molecule has 4 unspecified atom stereocenters. The number of carboxylic acid groups (broad SMARTS) is 3. The predicted molar refractivity (Wildman–Crippen MR) is 118 cm³/mol. The highest BCUT2D eigenvalue weighted by Crippen LogP contribution is 2.08. The molecule has 188 valence electrons. The lowest BCUT2D eigenvalue weighted by molar-refractivity contribution is -0.143. The molecule has 33 heavy (non-hydrogen) atoms. The van der Waals surface area contributed by atoms with Crippen molar-refractivity contribution in [1.82, 2.24) is 16.0 Å². The summed E-state index contributed by atoms with van der Waals surface area (Å²) in [6.45, 7) is 3.21. The summed E-state index contributed by atoms with van der Waals surface area (Å²) in [5.74, 6) is -6.34. The molecule has 0 saturated heterocycles. The first kappa shape index (κ1) is 30.1. The standard InChI is InChI=1S/C19H32N4O9S/c1-9(2)15(18(30)22-12(19(31)32)4-5-13(24)25)23-17(29)11(6-7-33-3)21-16(28)10(20)8-14(26)27/h9-12,15H,4-8,20H2,1-3H3,(H,21,28)(H,22,30)(H,23,29)(H,24,25)(H,26,27)(H,31,32). The number of thioether (sulfide) groups is 1. The van der Waals surface area contributed by atoms with E-state index in [4.69, 9.17) is 15.9 Å². The number of rotatable bonds is 16. The molecule has 0 radical (unpaired) electrons. The second-order valence-electron chi connectivity index (χ2n) is 7.61. The number of carboxylic acids is 3. The highest BCUT2D eigenvalue weighted by atomic mass is 32.2. The smallest absolute Gasteiger partial charge is 0.326 e. The summed E-state index contributed by atoms with van der Waals surface area (Å²) in [6.07, 6.45) is 0.493. The Morgan fingerprint density at radius 2 is 1.39 bits per heavy atom. The van der Waals surface area contributed by atoms with Crippen LogP contribution in [-0.2, 0) is 28.8 Å². The molecule has 0 aliphatic carbocycles. The van der Waals surface area contributed by atoms with Crippen LogP contribution in [-0.4, -0.2) is 87.1 Å². The predicted octanol–water partition coefficient (Wildman–Crippen LogP) is -1.40. The van der Waals surface area contributed by atoms with E-state index in [0.29, 0.717) is 5.75 Å². The van der Waals surface area contributed by atoms with E-state index in [9.17, 15) is 33.9 Å². The Morgan fingerprint density at radius 1 is 0.818 bits per heavy atom. The van der Waals surface area contributed by atoms with E-state index in [1.165, 1.54) is 11.8 Å². The molecule has 0 bridgehead atoms. The van der Waals surface area contributed by atoms with Crippen molar-refractivity contribution < 1.29 is 44.1 Å². The third-order valence-corrected chi connectivity index (χ3v) is 5.13. The van der Waals surface area contributed by atoms with Crippen molar-refractivity contribution in [1.29, 1.82) is 0 Å². The minimum atomic E-state index is -1.47. The molecule has 0 fully saturated rings. The fourth-order valence-corrected chi connectivity index (χ4v) is 3.11. The van der Waals surface area contributed by atoms with Crippen LogP contribution in [0.3, 0.4) is 0 Å². The Bertz CT molecular complexity index is 732. The fourth-order valence-electron chi connectivity index (χ4n) is 2.64. The molecule has 0 rings (SSSR count). The summed E-state index contributed by atoms with van der Waals surface area (Å²) in [4.78, 5) is 70.5. The molecular formula is C19H32N4O9S. The molecule has 0 aromatic rings. The molecule has 0 aliphatic heterocycles. The van der Waals surface area contributed by atoms with Crippen molar-refractivity contribution in [3.63, 3.8) is 0 Å². The Labute approximate surface area is 195 Å². The van der Waals surface area contributed by atoms with Crippen LogP contribution in [0.2, 0.25) is 0 Å². The number of amides is 3. The van der Waals surface area contributed by atoms with Gasteiger partial charge in [0.1, 0.15) is 18.1 Å². The summed E-state index contributed by atoms with van der Waals surface area (Å²) in [5.41, 5.74) is 5.53. The molecular weight excluding hydrogens is 460 g/mol. The summed E-state index contributed by atoms with van der Waals surface area (Å²) in [7, 11) is 0. The van der Waals surface area contributed by atoms with E-state index in [2.05, 4.69) is 16.0 Å². The summed E-state index contributed by atoms with van der Waals surface area (Å²) >= 11 is 1.40. The lowest BCUT2D eigenvalue weighted by Gasteiger charge is -2.27. The normalized spacial score (nSPS) is 14.5. The van der Waals surface area contributed by atoms with Crippen LogP contribution in [0.4, 0.5) is 0 Å². The molecule has 0 aromatic heterocycles. The van der Waals surface area contributed by atoms with Crippen LogP contribution >= 0.6 is 11.8 Å². The molecule has 8 N–H and O–H groups in total. The van der Waals surface area contributed by atoms with Crippen LogP contribution in [0.25, 0.3) is 0 Å². The zero-order valence-corrected chi connectivity index (χ0v) is 19.5. The minimum Gasteiger partial charge on any atom is -0.481 e. The highest BCUT2D eigenvalue weighted by Gasteiger charge is 2.32. The van der Waals surface area contributed by atoms with Gasteiger partial charge in [-0.05, 0) is 30.8 Å². The molecule has 4 atom stereocenters. The lowest BCUT2D eigenvalue weighted by Crippen LogP contribution is -2.58. The van der Waals surface area contributed by atoms with Gasteiger partial charge in [-0.2, -0.15) is 11.8 Å². The van der Waals surface area contributed by atoms with E-state index >= 15 is 0 Å². The van der Waals surface area contributed by atoms with Gasteiger partial charge in [-0.1, -0.05) is 13.8 Å². The van der Waals surface area contributed by atoms with E-state index in [1.807, 2.05) is 0 Å². The van der Waals surface area contributed by atoms with Crippen LogP contribution < -0.4 is 21.7 Å². The Morgan fingerprint density at radius 3 is 1.85 bits per heavy atom. The van der Waals surface area contributed by atoms with Crippen molar-refractivity contribution in [2.75, 3.05) is 12.0 Å². The SMILES string of the molecule is CSCCC(NC(=O)C(N)CC(=O)O)C(=O)NC(C(=O)NC(CCC(=O)O)C(=O)O)C(C)C. The van der Waals surface area contributed by atoms with Gasteiger partial charge < -0.3 is 37.0 Å². The molecule has 14 heteroatoms. The summed E-state index contributed by atoms with van der Waals surface area (Å²) in [5, 5.41) is 33.9. The Kier molecular flexibility index (Phi) is 13.7. The van der Waals surface area contributed by atoms with E-state index in [0.717, 1.165) is 0 Å². The van der Waals surface area contributed by atoms with Gasteiger partial charge in [0.05, 0.1) is 12.5 Å². The topological polar surface area (TPSA) is 225 Å². The maximum Gasteiger partial charge on any atom is 0.326 e. The highest BCUT2D eigenvalue weighted by molar-refractivity contribution is 7.98. The van der Waals surface area contributed by atoms with Crippen LogP contribution in [0.1, 0.15) is 39.5 Å². The molecule has 0 spiro atoms. The second-order valence-corrected chi connectivity index (χ2v) is 8.59. The molecule has 0 saturated carbocycles. The first-order valence-electron chi connectivity index (χ1n) is 10.1. The van der Waals surface area contributed by atoms with Gasteiger partial charge in [0.2, 0.25) is 17.7 Å². The van der Waals surface area contributed by atoms with Crippen molar-refractivity contribution in [3.05, 3.63) is 0 Å². The van der Waals surface area contributed by atoms with Gasteiger partial charge in [-0.15, -0.1) is 0 Å². The lowest BCUT2D eigenvalue weighted by atomic mass is 10.0. The second kappa shape index (κ2) is 15.1. The Balaban J connectivity index is 5.39. The van der Waals surface area contributed by atoms with Gasteiger partial charge in [0.15, 0.2) is 0 Å². The number of carbonyl (C=O) groups is 6. The van der Waals surface area contributed by atoms with Gasteiger partial charge >= 0.3 is 17.9 Å². The van der Waals surface area contributed by atoms with Gasteiger partial charge in [0, 0.05) is 6.42 Å². The first-order chi connectivity index (χ1) is 15.3. The van der Waals surface area contributed by atoms with E-state index in [-0.39, 0.29) is 12.8 Å². The van der Waals surface area contributed by atoms with Gasteiger partial charge in [-0.3, -0.25) is 24.0 Å². The maximum absolute atomic E-state index is 12.8. The average Bonchev–Trinajstić information content (AvgIpc) is 2.70. The van der Waals surface area contributed by atoms with E-state index in [1.54, 1.807) is 20.1 Å². The fraction of sp³-hybridized carbons (Fsp3) is 0.684. The molecule has 13 nitrogen and oxygen atoms in total. The monoisotopic (exact) mass is 492 g/mol. The third-order valence-electron chi connectivity index (χ3n) is 4.48. The van der Waals surface area contributed by atoms with Gasteiger partial charge in [-0.25, -0.2) is 4.79 Å². The first-order valence-corrected chi connectivity index (χ1v) is 11.5. The molecule has 0 heterocycles. The number of carbonyl (C=O) groups excluding carboxylic acids is 3. The van der Waals surface area contributed by atoms with E-state index < -0.39 is 78.6 Å². The zero-order chi connectivity index (χ0) is 25.7. The minimum absolute atomic E-state index is 0.168. The molecule has 3 amide bonds. The van der Waals surface area contributed by atoms with Crippen LogP contribution in [0, 0.1) is 5.92 Å². The van der Waals surface area contributed by atoms with Crippen molar-refractivity contribution in [2.24, 2.45) is 11.7 Å². The number of hydrogen-bond acceptors (Lipinski definition) is 8. The molecule has 0 aromatic carbocycles. The summed E-state index contributed by atoms with van der Waals surface area (Å²) in [6, 6.07) is -5.12. The van der Waals surface area contributed by atoms with Crippen molar-refractivity contribution in [3.8, 4) is 0 Å². The number of nitrogens with two attached hydrogens (primary N) is 1. The van der Waals surface area contributed by atoms with Gasteiger partial charge in [0.25, 0.3) is 0 Å².